The molecule has 0 atom stereocenters. The molecular weight excluding hydrogens is 254 g/mol. The van der Waals surface area contributed by atoms with Crippen LogP contribution in [0.15, 0.2) is 47.0 Å². The summed E-state index contributed by atoms with van der Waals surface area (Å²) in [6, 6.07) is 10.5. The summed E-state index contributed by atoms with van der Waals surface area (Å²) in [7, 11) is 0. The van der Waals surface area contributed by atoms with Gasteiger partial charge in [0.15, 0.2) is 5.76 Å². The summed E-state index contributed by atoms with van der Waals surface area (Å²) in [6.07, 6.45) is 1.61. The lowest BCUT2D eigenvalue weighted by Gasteiger charge is -2.02. The maximum atomic E-state index is 12.1. The molecule has 2 heterocycles. The summed E-state index contributed by atoms with van der Waals surface area (Å²) >= 11 is 0. The summed E-state index contributed by atoms with van der Waals surface area (Å²) in [5.74, 6) is -0.0726. The first-order chi connectivity index (χ1) is 9.61. The quantitative estimate of drug-likeness (QED) is 0.699. The van der Waals surface area contributed by atoms with Crippen molar-refractivity contribution >= 4 is 28.3 Å². The zero-order valence-corrected chi connectivity index (χ0v) is 10.9. The minimum absolute atomic E-state index is 0.242. The molecule has 0 saturated heterocycles. The number of aryl methyl sites for hydroxylation is 1. The van der Waals surface area contributed by atoms with E-state index in [1.165, 1.54) is 0 Å². The van der Waals surface area contributed by atoms with Gasteiger partial charge in [-0.3, -0.25) is 9.78 Å². The van der Waals surface area contributed by atoms with Crippen LogP contribution in [0.5, 0.6) is 0 Å². The number of benzene rings is 1. The number of anilines is 2. The molecule has 3 aromatic rings. The van der Waals surface area contributed by atoms with Gasteiger partial charge < -0.3 is 15.5 Å². The highest BCUT2D eigenvalue weighted by molar-refractivity contribution is 6.04. The summed E-state index contributed by atoms with van der Waals surface area (Å²) in [5.41, 5.74) is 8.48. The molecule has 0 bridgehead atoms. The number of nitrogens with two attached hydrogens (primary N) is 1. The molecule has 0 aliphatic carbocycles. The van der Waals surface area contributed by atoms with E-state index in [1.54, 1.807) is 36.5 Å². The van der Waals surface area contributed by atoms with Crippen molar-refractivity contribution in [1.82, 2.24) is 4.98 Å². The van der Waals surface area contributed by atoms with Crippen LogP contribution in [0.3, 0.4) is 0 Å². The fraction of sp³-hybridized carbons (Fsp3) is 0.0667. The van der Waals surface area contributed by atoms with Crippen molar-refractivity contribution < 1.29 is 9.21 Å². The highest BCUT2D eigenvalue weighted by Gasteiger charge is 2.12. The molecule has 0 aliphatic rings. The Morgan fingerprint density at radius 1 is 1.25 bits per heavy atom. The molecule has 0 fully saturated rings. The average Bonchev–Trinajstić information content (AvgIpc) is 2.84. The number of fused-ring (bicyclic) bond motifs is 1. The second kappa shape index (κ2) is 4.70. The van der Waals surface area contributed by atoms with Crippen molar-refractivity contribution in [3.63, 3.8) is 0 Å². The van der Waals surface area contributed by atoms with Crippen LogP contribution in [0.1, 0.15) is 16.2 Å². The molecule has 0 saturated carbocycles. The maximum absolute atomic E-state index is 12.1. The summed E-state index contributed by atoms with van der Waals surface area (Å²) in [6.45, 7) is 1.88. The van der Waals surface area contributed by atoms with Crippen LogP contribution >= 0.6 is 0 Å². The fourth-order valence-corrected chi connectivity index (χ4v) is 1.91. The van der Waals surface area contributed by atoms with E-state index in [0.717, 1.165) is 11.1 Å². The van der Waals surface area contributed by atoms with Crippen LogP contribution in [-0.4, -0.2) is 10.9 Å². The molecule has 5 heteroatoms. The predicted octanol–water partition coefficient (Wildman–Crippen LogP) is 2.97. The number of aromatic nitrogens is 1. The smallest absolute Gasteiger partial charge is 0.291 e. The van der Waals surface area contributed by atoms with Crippen LogP contribution in [-0.2, 0) is 0 Å². The van der Waals surface area contributed by atoms with Crippen molar-refractivity contribution in [2.75, 3.05) is 11.1 Å². The van der Waals surface area contributed by atoms with Gasteiger partial charge in [-0.25, -0.2) is 0 Å². The molecule has 20 heavy (non-hydrogen) atoms. The molecule has 2 aromatic heterocycles. The van der Waals surface area contributed by atoms with Gasteiger partial charge in [0.25, 0.3) is 5.91 Å². The number of nitrogens with zero attached hydrogens (tertiary/aromatic N) is 1. The van der Waals surface area contributed by atoms with Gasteiger partial charge in [0.1, 0.15) is 5.58 Å². The highest BCUT2D eigenvalue weighted by atomic mass is 16.3. The van der Waals surface area contributed by atoms with Crippen LogP contribution in [0, 0.1) is 6.92 Å². The van der Waals surface area contributed by atoms with Crippen LogP contribution in [0.25, 0.3) is 11.0 Å². The van der Waals surface area contributed by atoms with Gasteiger partial charge in [-0.05, 0) is 43.3 Å². The standard InChI is InChI=1S/C15H13N3O2/c1-9-2-4-12(8-17-9)18-15(19)14-7-10-6-11(16)3-5-13(10)20-14/h2-8H,16H2,1H3,(H,18,19). The normalized spacial score (nSPS) is 10.7. The third kappa shape index (κ3) is 2.33. The first-order valence-corrected chi connectivity index (χ1v) is 6.15. The molecule has 0 unspecified atom stereocenters. The van der Waals surface area contributed by atoms with Gasteiger partial charge in [-0.1, -0.05) is 0 Å². The Kier molecular flexibility index (Phi) is 2.87. The van der Waals surface area contributed by atoms with Gasteiger partial charge in [-0.2, -0.15) is 0 Å². The van der Waals surface area contributed by atoms with E-state index in [4.69, 9.17) is 10.2 Å². The van der Waals surface area contributed by atoms with Gasteiger partial charge in [-0.15, -0.1) is 0 Å². The molecule has 1 amide bonds. The molecule has 0 radical (unpaired) electrons. The van der Waals surface area contributed by atoms with Gasteiger partial charge in [0.05, 0.1) is 11.9 Å². The highest BCUT2D eigenvalue weighted by Crippen LogP contribution is 2.22. The molecule has 100 valence electrons. The van der Waals surface area contributed by atoms with E-state index in [2.05, 4.69) is 10.3 Å². The third-order valence-electron chi connectivity index (χ3n) is 2.93. The van der Waals surface area contributed by atoms with Crippen LogP contribution in [0.2, 0.25) is 0 Å². The number of nitrogens with one attached hydrogen (secondary N) is 1. The average molecular weight is 267 g/mol. The van der Waals surface area contributed by atoms with E-state index < -0.39 is 0 Å². The number of amides is 1. The molecule has 3 N–H and O–H groups in total. The Morgan fingerprint density at radius 3 is 2.85 bits per heavy atom. The minimum Gasteiger partial charge on any atom is -0.451 e. The lowest BCUT2D eigenvalue weighted by atomic mass is 10.2. The van der Waals surface area contributed by atoms with Crippen molar-refractivity contribution in [3.05, 3.63) is 54.0 Å². The molecule has 3 rings (SSSR count). The number of carbonyl (C=O) groups is 1. The Hall–Kier alpha value is -2.82. The predicted molar refractivity (Wildman–Crippen MR) is 77.6 cm³/mol. The topological polar surface area (TPSA) is 81.2 Å². The zero-order valence-electron chi connectivity index (χ0n) is 10.9. The van der Waals surface area contributed by atoms with Crippen molar-refractivity contribution in [3.8, 4) is 0 Å². The largest absolute Gasteiger partial charge is 0.451 e. The fourth-order valence-electron chi connectivity index (χ4n) is 1.91. The van der Waals surface area contributed by atoms with Crippen molar-refractivity contribution in [2.24, 2.45) is 0 Å². The van der Waals surface area contributed by atoms with Crippen LogP contribution < -0.4 is 11.1 Å². The second-order valence-corrected chi connectivity index (χ2v) is 4.55. The zero-order chi connectivity index (χ0) is 14.1. The lowest BCUT2D eigenvalue weighted by molar-refractivity contribution is 0.0998. The van der Waals surface area contributed by atoms with Gasteiger partial charge in [0, 0.05) is 16.8 Å². The minimum atomic E-state index is -0.314. The van der Waals surface area contributed by atoms with E-state index in [0.29, 0.717) is 17.0 Å². The summed E-state index contributed by atoms with van der Waals surface area (Å²) < 4.78 is 5.49. The first kappa shape index (κ1) is 12.2. The summed E-state index contributed by atoms with van der Waals surface area (Å²) in [5, 5.41) is 3.54. The van der Waals surface area contributed by atoms with Crippen LogP contribution in [0.4, 0.5) is 11.4 Å². The number of pyridine rings is 1. The molecule has 0 aliphatic heterocycles. The first-order valence-electron chi connectivity index (χ1n) is 6.15. The summed E-state index contributed by atoms with van der Waals surface area (Å²) in [4.78, 5) is 16.2. The number of furan rings is 1. The SMILES string of the molecule is Cc1ccc(NC(=O)c2cc3cc(N)ccc3o2)cn1. The molecule has 1 aromatic carbocycles. The van der Waals surface area contributed by atoms with E-state index in [9.17, 15) is 4.79 Å². The van der Waals surface area contributed by atoms with E-state index in [1.807, 2.05) is 13.0 Å². The Morgan fingerprint density at radius 2 is 2.10 bits per heavy atom. The third-order valence-corrected chi connectivity index (χ3v) is 2.93. The molecule has 5 nitrogen and oxygen atoms in total. The van der Waals surface area contributed by atoms with E-state index >= 15 is 0 Å². The Bertz CT molecular complexity index is 775. The number of rotatable bonds is 2. The Balaban J connectivity index is 1.86. The monoisotopic (exact) mass is 267 g/mol. The maximum Gasteiger partial charge on any atom is 0.291 e. The molecule has 0 spiro atoms. The van der Waals surface area contributed by atoms with Gasteiger partial charge in [0.2, 0.25) is 0 Å². The number of carbonyl (C=O) groups excluding carboxylic acids is 1. The Labute approximate surface area is 115 Å². The van der Waals surface area contributed by atoms with E-state index in [-0.39, 0.29) is 11.7 Å². The number of nitrogen functional groups attached to an aromatic ring is 1. The number of hydrogen-bond donors (Lipinski definition) is 2. The lowest BCUT2D eigenvalue weighted by Crippen LogP contribution is -2.10. The molecular formula is C15H13N3O2. The van der Waals surface area contributed by atoms with Crippen molar-refractivity contribution in [2.45, 2.75) is 6.92 Å². The number of hydrogen-bond acceptors (Lipinski definition) is 4. The van der Waals surface area contributed by atoms with Crippen molar-refractivity contribution in [1.29, 1.82) is 0 Å². The second-order valence-electron chi connectivity index (χ2n) is 4.55. The van der Waals surface area contributed by atoms with Gasteiger partial charge >= 0.3 is 0 Å².